The van der Waals surface area contributed by atoms with Crippen molar-refractivity contribution in [2.45, 2.75) is 38.8 Å². The number of aromatic nitrogens is 1. The van der Waals surface area contributed by atoms with Crippen LogP contribution in [0, 0.1) is 6.92 Å². The second kappa shape index (κ2) is 9.61. The zero-order valence-electron chi connectivity index (χ0n) is 16.4. The number of carbonyl (C=O) groups excluding carboxylic acids is 1. The van der Waals surface area contributed by atoms with E-state index in [1.54, 1.807) is 12.3 Å². The van der Waals surface area contributed by atoms with Crippen LogP contribution in [0.15, 0.2) is 47.0 Å². The Bertz CT molecular complexity index is 967. The predicted molar refractivity (Wildman–Crippen MR) is 118 cm³/mol. The average Bonchev–Trinajstić information content (AvgIpc) is 2.88. The maximum absolute atomic E-state index is 13.6. The van der Waals surface area contributed by atoms with Gasteiger partial charge in [0, 0.05) is 28.2 Å². The minimum atomic E-state index is -0.0811. The molecule has 1 unspecified atom stereocenters. The SMILES string of the molecule is Cc1c(C(=O)N(Cc2ccccn2)C2CCCNCC2)oc2ccc(Cl)cc12.Cl. The summed E-state index contributed by atoms with van der Waals surface area (Å²) >= 11 is 6.14. The molecule has 0 aliphatic carbocycles. The number of halogens is 2. The first-order chi connectivity index (χ1) is 13.6. The number of benzene rings is 1. The van der Waals surface area contributed by atoms with E-state index in [9.17, 15) is 4.79 Å². The molecule has 0 spiro atoms. The summed E-state index contributed by atoms with van der Waals surface area (Å²) in [5, 5.41) is 4.94. The number of hydrogen-bond donors (Lipinski definition) is 1. The van der Waals surface area contributed by atoms with Gasteiger partial charge < -0.3 is 14.6 Å². The lowest BCUT2D eigenvalue weighted by atomic mass is 10.1. The maximum atomic E-state index is 13.6. The minimum absolute atomic E-state index is 0. The monoisotopic (exact) mass is 433 g/mol. The molecule has 1 atom stereocenters. The summed E-state index contributed by atoms with van der Waals surface area (Å²) in [5.74, 6) is 0.313. The minimum Gasteiger partial charge on any atom is -0.451 e. The van der Waals surface area contributed by atoms with Crippen LogP contribution >= 0.6 is 24.0 Å². The van der Waals surface area contributed by atoms with Gasteiger partial charge in [-0.25, -0.2) is 0 Å². The predicted octanol–water partition coefficient (Wildman–Crippen LogP) is 5.00. The van der Waals surface area contributed by atoms with Gasteiger partial charge in [-0.2, -0.15) is 0 Å². The molecule has 1 fully saturated rings. The smallest absolute Gasteiger partial charge is 0.290 e. The zero-order chi connectivity index (χ0) is 19.5. The molecule has 5 nitrogen and oxygen atoms in total. The van der Waals surface area contributed by atoms with Crippen LogP contribution < -0.4 is 5.32 Å². The molecule has 1 aliphatic rings. The van der Waals surface area contributed by atoms with E-state index in [0.29, 0.717) is 22.9 Å². The molecular weight excluding hydrogens is 409 g/mol. The zero-order valence-corrected chi connectivity index (χ0v) is 17.9. The van der Waals surface area contributed by atoms with Gasteiger partial charge in [0.2, 0.25) is 0 Å². The summed E-state index contributed by atoms with van der Waals surface area (Å²) in [6.45, 7) is 4.29. The standard InChI is InChI=1S/C22H24ClN3O2.ClH/c1-15-19-13-16(23)7-8-20(19)28-21(15)22(27)26(14-17-5-2-3-11-25-17)18-6-4-10-24-12-9-18;/h2-3,5,7-8,11,13,18,24H,4,6,9-10,12,14H2,1H3;1H. The van der Waals surface area contributed by atoms with Crippen molar-refractivity contribution in [1.82, 2.24) is 15.2 Å². The third-order valence-electron chi connectivity index (χ3n) is 5.40. The molecule has 7 heteroatoms. The highest BCUT2D eigenvalue weighted by Crippen LogP contribution is 2.30. The maximum Gasteiger partial charge on any atom is 0.290 e. The molecule has 2 aromatic heterocycles. The second-order valence-corrected chi connectivity index (χ2v) is 7.72. The van der Waals surface area contributed by atoms with E-state index in [4.69, 9.17) is 16.0 Å². The molecule has 1 amide bonds. The van der Waals surface area contributed by atoms with E-state index in [-0.39, 0.29) is 24.4 Å². The van der Waals surface area contributed by atoms with Gasteiger partial charge in [0.1, 0.15) is 5.58 Å². The Kier molecular flexibility index (Phi) is 7.17. The number of pyridine rings is 1. The third-order valence-corrected chi connectivity index (χ3v) is 5.63. The molecule has 154 valence electrons. The molecule has 0 saturated carbocycles. The van der Waals surface area contributed by atoms with Crippen molar-refractivity contribution < 1.29 is 9.21 Å². The first kappa shape index (κ1) is 21.6. The molecule has 1 saturated heterocycles. The van der Waals surface area contributed by atoms with Gasteiger partial charge >= 0.3 is 0 Å². The number of fused-ring (bicyclic) bond motifs is 1. The van der Waals surface area contributed by atoms with E-state index in [1.165, 1.54) is 0 Å². The van der Waals surface area contributed by atoms with Gasteiger partial charge in [-0.05, 0) is 69.6 Å². The quantitative estimate of drug-likeness (QED) is 0.628. The number of furan rings is 1. The van der Waals surface area contributed by atoms with Crippen molar-refractivity contribution in [1.29, 1.82) is 0 Å². The van der Waals surface area contributed by atoms with Crippen LogP contribution in [0.2, 0.25) is 5.02 Å². The molecular formula is C22H25Cl2N3O2. The third kappa shape index (κ3) is 4.74. The van der Waals surface area contributed by atoms with Crippen LogP contribution in [0.25, 0.3) is 11.0 Å². The fourth-order valence-electron chi connectivity index (χ4n) is 3.87. The highest BCUT2D eigenvalue weighted by Gasteiger charge is 2.30. The Morgan fingerprint density at radius 3 is 2.93 bits per heavy atom. The molecule has 29 heavy (non-hydrogen) atoms. The van der Waals surface area contributed by atoms with E-state index in [0.717, 1.165) is 49.0 Å². The van der Waals surface area contributed by atoms with Crippen molar-refractivity contribution in [3.63, 3.8) is 0 Å². The van der Waals surface area contributed by atoms with Crippen LogP contribution in [0.5, 0.6) is 0 Å². The fraction of sp³-hybridized carbons (Fsp3) is 0.364. The van der Waals surface area contributed by atoms with Gasteiger partial charge in [0.05, 0.1) is 12.2 Å². The number of rotatable bonds is 4. The summed E-state index contributed by atoms with van der Waals surface area (Å²) in [6.07, 6.45) is 4.70. The van der Waals surface area contributed by atoms with Crippen LogP contribution in [-0.4, -0.2) is 34.9 Å². The Hall–Kier alpha value is -2.08. The van der Waals surface area contributed by atoms with Crippen molar-refractivity contribution in [2.75, 3.05) is 13.1 Å². The molecule has 4 rings (SSSR count). The van der Waals surface area contributed by atoms with Crippen molar-refractivity contribution in [3.05, 3.63) is 64.6 Å². The number of nitrogens with one attached hydrogen (secondary N) is 1. The van der Waals surface area contributed by atoms with Gasteiger partial charge in [0.25, 0.3) is 5.91 Å². The van der Waals surface area contributed by atoms with Gasteiger partial charge in [-0.1, -0.05) is 17.7 Å². The van der Waals surface area contributed by atoms with Crippen LogP contribution in [-0.2, 0) is 6.54 Å². The number of carbonyl (C=O) groups is 1. The molecule has 1 N–H and O–H groups in total. The van der Waals surface area contributed by atoms with Crippen molar-refractivity contribution in [3.8, 4) is 0 Å². The highest BCUT2D eigenvalue weighted by molar-refractivity contribution is 6.31. The highest BCUT2D eigenvalue weighted by atomic mass is 35.5. The summed E-state index contributed by atoms with van der Waals surface area (Å²) in [7, 11) is 0. The van der Waals surface area contributed by atoms with Crippen molar-refractivity contribution in [2.24, 2.45) is 0 Å². The van der Waals surface area contributed by atoms with E-state index in [2.05, 4.69) is 10.3 Å². The Morgan fingerprint density at radius 2 is 2.14 bits per heavy atom. The normalized spacial score (nSPS) is 16.8. The number of amides is 1. The lowest BCUT2D eigenvalue weighted by Gasteiger charge is -2.30. The van der Waals surface area contributed by atoms with Crippen LogP contribution in [0.3, 0.4) is 0 Å². The first-order valence-electron chi connectivity index (χ1n) is 9.74. The Balaban J connectivity index is 0.00000240. The molecule has 3 heterocycles. The number of nitrogens with zero attached hydrogens (tertiary/aromatic N) is 2. The largest absolute Gasteiger partial charge is 0.451 e. The Morgan fingerprint density at radius 1 is 1.28 bits per heavy atom. The fourth-order valence-corrected chi connectivity index (χ4v) is 4.04. The molecule has 1 aromatic carbocycles. The van der Waals surface area contributed by atoms with Crippen molar-refractivity contribution >= 4 is 40.9 Å². The summed E-state index contributed by atoms with van der Waals surface area (Å²) < 4.78 is 5.97. The number of aryl methyl sites for hydroxylation is 1. The van der Waals surface area contributed by atoms with E-state index >= 15 is 0 Å². The molecule has 3 aromatic rings. The number of hydrogen-bond acceptors (Lipinski definition) is 4. The summed E-state index contributed by atoms with van der Waals surface area (Å²) in [5.41, 5.74) is 2.40. The van der Waals surface area contributed by atoms with E-state index < -0.39 is 0 Å². The topological polar surface area (TPSA) is 58.4 Å². The lowest BCUT2D eigenvalue weighted by molar-refractivity contribution is 0.0611. The first-order valence-corrected chi connectivity index (χ1v) is 10.1. The summed E-state index contributed by atoms with van der Waals surface area (Å²) in [4.78, 5) is 20.0. The Labute approximate surface area is 181 Å². The second-order valence-electron chi connectivity index (χ2n) is 7.29. The van der Waals surface area contributed by atoms with Gasteiger partial charge in [-0.15, -0.1) is 12.4 Å². The lowest BCUT2D eigenvalue weighted by Crippen LogP contribution is -2.40. The van der Waals surface area contributed by atoms with Crippen LogP contribution in [0.1, 0.15) is 41.1 Å². The molecule has 1 aliphatic heterocycles. The van der Waals surface area contributed by atoms with Gasteiger partial charge in [-0.3, -0.25) is 9.78 Å². The van der Waals surface area contributed by atoms with E-state index in [1.807, 2.05) is 42.2 Å². The molecule has 0 radical (unpaired) electrons. The average molecular weight is 434 g/mol. The summed E-state index contributed by atoms with van der Waals surface area (Å²) in [6, 6.07) is 11.4. The molecule has 0 bridgehead atoms. The van der Waals surface area contributed by atoms with Gasteiger partial charge in [0.15, 0.2) is 5.76 Å². The van der Waals surface area contributed by atoms with Crippen LogP contribution in [0.4, 0.5) is 0 Å².